The van der Waals surface area contributed by atoms with E-state index in [-0.39, 0.29) is 5.04 Å². The number of ether oxygens (including phenoxy) is 1. The van der Waals surface area contributed by atoms with Gasteiger partial charge in [0.05, 0.1) is 6.61 Å². The Morgan fingerprint density at radius 2 is 1.36 bits per heavy atom. The minimum absolute atomic E-state index is 0.0294. The molecule has 1 aliphatic rings. The Bertz CT molecular complexity index is 850. The second kappa shape index (κ2) is 10.5. The molecule has 180 valence electrons. The van der Waals surface area contributed by atoms with Gasteiger partial charge in [-0.1, -0.05) is 87.9 Å². The SMILES string of the molecule is CC(C)(OC[C@H]1CCC[C@@H](CO[Si](c2ccccc2)(c2ccccc2)C(C)(C)C)C1)C(=O)O. The molecule has 2 atom stereocenters. The van der Waals surface area contributed by atoms with Gasteiger partial charge in [0.25, 0.3) is 8.32 Å². The highest BCUT2D eigenvalue weighted by molar-refractivity contribution is 6.99. The van der Waals surface area contributed by atoms with E-state index in [9.17, 15) is 9.90 Å². The lowest BCUT2D eigenvalue weighted by Gasteiger charge is -2.44. The summed E-state index contributed by atoms with van der Waals surface area (Å²) in [5.74, 6) is -0.0723. The van der Waals surface area contributed by atoms with E-state index in [1.54, 1.807) is 13.8 Å². The molecule has 0 bridgehead atoms. The quantitative estimate of drug-likeness (QED) is 0.511. The van der Waals surface area contributed by atoms with Crippen LogP contribution in [-0.2, 0) is 14.0 Å². The fourth-order valence-electron chi connectivity index (χ4n) is 5.10. The minimum atomic E-state index is -2.53. The molecule has 0 saturated heterocycles. The van der Waals surface area contributed by atoms with Crippen LogP contribution in [0.1, 0.15) is 60.3 Å². The summed E-state index contributed by atoms with van der Waals surface area (Å²) in [6.07, 6.45) is 4.40. The second-order valence-electron chi connectivity index (χ2n) is 11.0. The van der Waals surface area contributed by atoms with Gasteiger partial charge in [-0.15, -0.1) is 0 Å². The van der Waals surface area contributed by atoms with Gasteiger partial charge >= 0.3 is 5.97 Å². The first-order chi connectivity index (χ1) is 15.6. The van der Waals surface area contributed by atoms with Gasteiger partial charge in [0, 0.05) is 6.61 Å². The number of carboxylic acids is 1. The van der Waals surface area contributed by atoms with Gasteiger partial charge in [0.2, 0.25) is 0 Å². The van der Waals surface area contributed by atoms with Gasteiger partial charge in [0.1, 0.15) is 0 Å². The molecule has 4 nitrogen and oxygen atoms in total. The van der Waals surface area contributed by atoms with Crippen LogP contribution in [-0.4, -0.2) is 38.2 Å². The van der Waals surface area contributed by atoms with Crippen LogP contribution in [0.3, 0.4) is 0 Å². The monoisotopic (exact) mass is 468 g/mol. The topological polar surface area (TPSA) is 55.8 Å². The molecule has 3 rings (SSSR count). The van der Waals surface area contributed by atoms with Gasteiger partial charge in [-0.05, 0) is 60.4 Å². The molecule has 0 aliphatic heterocycles. The Morgan fingerprint density at radius 3 is 1.82 bits per heavy atom. The number of hydrogen-bond donors (Lipinski definition) is 1. The lowest BCUT2D eigenvalue weighted by molar-refractivity contribution is -0.163. The summed E-state index contributed by atoms with van der Waals surface area (Å²) in [6, 6.07) is 21.5. The van der Waals surface area contributed by atoms with E-state index >= 15 is 0 Å². The highest BCUT2D eigenvalue weighted by Gasteiger charge is 2.50. The van der Waals surface area contributed by atoms with Crippen molar-refractivity contribution in [2.45, 2.75) is 70.9 Å². The zero-order chi connectivity index (χ0) is 24.1. The fraction of sp³-hybridized carbons (Fsp3) is 0.536. The largest absolute Gasteiger partial charge is 0.479 e. The van der Waals surface area contributed by atoms with E-state index in [4.69, 9.17) is 9.16 Å². The number of benzene rings is 2. The Labute approximate surface area is 200 Å². The maximum atomic E-state index is 11.4. The molecule has 5 heteroatoms. The lowest BCUT2D eigenvalue weighted by atomic mass is 9.82. The van der Waals surface area contributed by atoms with E-state index in [0.29, 0.717) is 18.4 Å². The number of hydrogen-bond acceptors (Lipinski definition) is 3. The Hall–Kier alpha value is -1.95. The summed E-state index contributed by atoms with van der Waals surface area (Å²) in [6.45, 7) is 11.4. The van der Waals surface area contributed by atoms with Crippen LogP contribution in [0.2, 0.25) is 5.04 Å². The van der Waals surface area contributed by atoms with Crippen molar-refractivity contribution in [2.75, 3.05) is 13.2 Å². The van der Waals surface area contributed by atoms with E-state index in [1.807, 2.05) is 0 Å². The summed E-state index contributed by atoms with van der Waals surface area (Å²) >= 11 is 0. The molecule has 0 heterocycles. The van der Waals surface area contributed by atoms with Gasteiger partial charge in [-0.25, -0.2) is 4.79 Å². The number of carbonyl (C=O) groups is 1. The van der Waals surface area contributed by atoms with Gasteiger partial charge in [-0.2, -0.15) is 0 Å². The molecule has 0 amide bonds. The highest BCUT2D eigenvalue weighted by Crippen LogP contribution is 2.38. The fourth-order valence-corrected chi connectivity index (χ4v) is 9.74. The van der Waals surface area contributed by atoms with Crippen molar-refractivity contribution in [3.05, 3.63) is 60.7 Å². The third kappa shape index (κ3) is 5.95. The van der Waals surface area contributed by atoms with Gasteiger partial charge in [-0.3, -0.25) is 0 Å². The van der Waals surface area contributed by atoms with Crippen molar-refractivity contribution in [1.29, 1.82) is 0 Å². The molecule has 2 aromatic carbocycles. The lowest BCUT2D eigenvalue weighted by Crippen LogP contribution is -2.67. The molecule has 0 spiro atoms. The predicted octanol–water partition coefficient (Wildman–Crippen LogP) is 5.25. The van der Waals surface area contributed by atoms with E-state index in [2.05, 4.69) is 81.4 Å². The van der Waals surface area contributed by atoms with Crippen LogP contribution in [0.15, 0.2) is 60.7 Å². The number of rotatable bonds is 9. The van der Waals surface area contributed by atoms with Crippen molar-refractivity contribution in [3.63, 3.8) is 0 Å². The smallest absolute Gasteiger partial charge is 0.335 e. The van der Waals surface area contributed by atoms with Crippen molar-refractivity contribution < 1.29 is 19.1 Å². The molecular weight excluding hydrogens is 428 g/mol. The van der Waals surface area contributed by atoms with E-state index in [1.165, 1.54) is 10.4 Å². The highest BCUT2D eigenvalue weighted by atomic mass is 28.4. The van der Waals surface area contributed by atoms with Gasteiger partial charge < -0.3 is 14.3 Å². The zero-order valence-corrected chi connectivity index (χ0v) is 21.8. The van der Waals surface area contributed by atoms with Crippen molar-refractivity contribution in [1.82, 2.24) is 0 Å². The summed E-state index contributed by atoms with van der Waals surface area (Å²) in [7, 11) is -2.53. The second-order valence-corrected chi connectivity index (χ2v) is 15.3. The molecular formula is C28H40O4Si. The van der Waals surface area contributed by atoms with E-state index in [0.717, 1.165) is 32.3 Å². The van der Waals surface area contributed by atoms with Crippen LogP contribution in [0, 0.1) is 11.8 Å². The maximum Gasteiger partial charge on any atom is 0.335 e. The molecule has 0 radical (unpaired) electrons. The average molecular weight is 469 g/mol. The average Bonchev–Trinajstić information content (AvgIpc) is 2.79. The van der Waals surface area contributed by atoms with Crippen molar-refractivity contribution in [3.8, 4) is 0 Å². The minimum Gasteiger partial charge on any atom is -0.479 e. The summed E-state index contributed by atoms with van der Waals surface area (Å²) in [4.78, 5) is 11.4. The number of carboxylic acid groups (broad SMARTS) is 1. The Morgan fingerprint density at radius 1 is 0.879 bits per heavy atom. The van der Waals surface area contributed by atoms with Crippen LogP contribution < -0.4 is 10.4 Å². The molecule has 1 fully saturated rings. The number of aliphatic carboxylic acids is 1. The van der Waals surface area contributed by atoms with Crippen LogP contribution in [0.5, 0.6) is 0 Å². The zero-order valence-electron chi connectivity index (χ0n) is 20.8. The molecule has 0 aromatic heterocycles. The molecule has 33 heavy (non-hydrogen) atoms. The summed E-state index contributed by atoms with van der Waals surface area (Å²) in [5.41, 5.74) is -1.14. The van der Waals surface area contributed by atoms with Crippen LogP contribution in [0.25, 0.3) is 0 Å². The normalized spacial score (nSPS) is 19.9. The summed E-state index contributed by atoms with van der Waals surface area (Å²) in [5, 5.41) is 11.9. The first-order valence-electron chi connectivity index (χ1n) is 12.2. The standard InChI is InChI=1S/C28H40O4Si/c1-27(2,3)33(24-15-8-6-9-16-24,25-17-10-7-11-18-25)32-21-23-14-12-13-22(19-23)20-31-28(4,5)26(29)30/h6-11,15-18,22-23H,12-14,19-21H2,1-5H3,(H,29,30)/t22-,23+/m0/s1. The third-order valence-corrected chi connectivity index (χ3v) is 12.0. The third-order valence-electron chi connectivity index (χ3n) is 7.04. The Balaban J connectivity index is 1.79. The maximum absolute atomic E-state index is 11.4. The van der Waals surface area contributed by atoms with Gasteiger partial charge in [0.15, 0.2) is 5.60 Å². The van der Waals surface area contributed by atoms with Crippen molar-refractivity contribution >= 4 is 24.7 Å². The van der Waals surface area contributed by atoms with Crippen molar-refractivity contribution in [2.24, 2.45) is 11.8 Å². The van der Waals surface area contributed by atoms with E-state index < -0.39 is 19.9 Å². The molecule has 1 N–H and O–H groups in total. The molecule has 0 unspecified atom stereocenters. The van der Waals surface area contributed by atoms with Crippen LogP contribution >= 0.6 is 0 Å². The predicted molar refractivity (Wildman–Crippen MR) is 137 cm³/mol. The first kappa shape index (κ1) is 25.7. The Kier molecular flexibility index (Phi) is 8.20. The van der Waals surface area contributed by atoms with Crippen LogP contribution in [0.4, 0.5) is 0 Å². The molecule has 2 aromatic rings. The first-order valence-corrected chi connectivity index (χ1v) is 14.1. The molecule has 1 aliphatic carbocycles. The molecule has 1 saturated carbocycles. The summed E-state index contributed by atoms with van der Waals surface area (Å²) < 4.78 is 12.9.